The Kier molecular flexibility index (Phi) is 7.93. The lowest BCUT2D eigenvalue weighted by molar-refractivity contribution is 0.666. The molecule has 0 fully saturated rings. The van der Waals surface area contributed by atoms with Crippen molar-refractivity contribution in [3.8, 4) is 16.8 Å². The standard InChI is InChI=1S/C53H38N4O/c1-34(37-27-29-45-46-33-40(28-30-51(46)58-52(45)32-37)57-49-25-12-8-21-43(49)44-22-9-13-26-50(44)57)54-53(39-18-14-17-38(31-39)36-15-4-3-5-16-36)55-35(2)56-47-23-10-6-19-41(47)42-20-7-11-24-48(42)56/h3-34H,1-2H3/t34-/m0/s1. The summed E-state index contributed by atoms with van der Waals surface area (Å²) in [6.07, 6.45) is 0. The minimum absolute atomic E-state index is 0.212. The summed E-state index contributed by atoms with van der Waals surface area (Å²) >= 11 is 0. The van der Waals surface area contributed by atoms with Gasteiger partial charge in [-0.2, -0.15) is 0 Å². The lowest BCUT2D eigenvalue weighted by Crippen LogP contribution is -2.12. The maximum Gasteiger partial charge on any atom is 0.157 e. The van der Waals surface area contributed by atoms with Crippen molar-refractivity contribution in [1.29, 1.82) is 0 Å². The van der Waals surface area contributed by atoms with Crippen LogP contribution in [0.1, 0.15) is 31.0 Å². The molecule has 8 aromatic carbocycles. The van der Waals surface area contributed by atoms with Crippen LogP contribution in [0.4, 0.5) is 0 Å². The Balaban J connectivity index is 1.02. The number of aliphatic imine (C=N–C) groups is 2. The van der Waals surface area contributed by atoms with Crippen LogP contribution in [-0.2, 0) is 0 Å². The number of hydrogen-bond acceptors (Lipinski definition) is 2. The zero-order chi connectivity index (χ0) is 38.7. The first-order valence-corrected chi connectivity index (χ1v) is 19.8. The molecule has 58 heavy (non-hydrogen) atoms. The highest BCUT2D eigenvalue weighted by Crippen LogP contribution is 2.37. The van der Waals surface area contributed by atoms with Gasteiger partial charge < -0.3 is 8.98 Å². The SMILES string of the molecule is CC(=NC(=N[C@@H](C)c1ccc2c(c1)oc1ccc(-n3c4ccccc4c4ccccc43)cc12)c1cccc(-c2ccccc2)c1)n1c2ccccc2c2ccccc21. The molecule has 1 atom stereocenters. The topological polar surface area (TPSA) is 47.7 Å². The predicted octanol–water partition coefficient (Wildman–Crippen LogP) is 13.9. The van der Waals surface area contributed by atoms with Gasteiger partial charge in [0, 0.05) is 43.6 Å². The predicted molar refractivity (Wildman–Crippen MR) is 243 cm³/mol. The minimum Gasteiger partial charge on any atom is -0.456 e. The quantitative estimate of drug-likeness (QED) is 0.128. The Hall–Kier alpha value is -7.50. The van der Waals surface area contributed by atoms with E-state index in [-0.39, 0.29) is 6.04 Å². The number of amidine groups is 1. The molecular formula is C53H38N4O. The fourth-order valence-corrected chi connectivity index (χ4v) is 8.75. The molecule has 5 nitrogen and oxygen atoms in total. The summed E-state index contributed by atoms with van der Waals surface area (Å²) in [5, 5.41) is 7.06. The van der Waals surface area contributed by atoms with E-state index in [2.05, 4.69) is 205 Å². The van der Waals surface area contributed by atoms with Gasteiger partial charge in [0.15, 0.2) is 5.84 Å². The van der Waals surface area contributed by atoms with Crippen LogP contribution in [0.5, 0.6) is 0 Å². The van der Waals surface area contributed by atoms with Crippen LogP contribution in [0.25, 0.3) is 82.4 Å². The molecule has 0 unspecified atom stereocenters. The van der Waals surface area contributed by atoms with Gasteiger partial charge in [0.05, 0.1) is 28.1 Å². The number of hydrogen-bond donors (Lipinski definition) is 0. The van der Waals surface area contributed by atoms with Gasteiger partial charge in [0.1, 0.15) is 17.0 Å². The summed E-state index contributed by atoms with van der Waals surface area (Å²) in [7, 11) is 0. The molecule has 0 saturated heterocycles. The normalized spacial score (nSPS) is 13.1. The van der Waals surface area contributed by atoms with E-state index in [0.717, 1.165) is 66.7 Å². The number of fused-ring (bicyclic) bond motifs is 9. The summed E-state index contributed by atoms with van der Waals surface area (Å²) in [4.78, 5) is 10.8. The molecule has 0 bridgehead atoms. The molecule has 3 heterocycles. The number of para-hydroxylation sites is 4. The summed E-state index contributed by atoms with van der Waals surface area (Å²) in [6, 6.07) is 66.1. The fraction of sp³-hybridized carbons (Fsp3) is 0.0566. The number of nitrogens with zero attached hydrogens (tertiary/aromatic N) is 4. The van der Waals surface area contributed by atoms with Crippen molar-refractivity contribution in [1.82, 2.24) is 9.13 Å². The molecule has 11 aromatic rings. The van der Waals surface area contributed by atoms with E-state index in [0.29, 0.717) is 5.84 Å². The molecule has 0 aliphatic rings. The molecule has 276 valence electrons. The molecule has 0 radical (unpaired) electrons. The molecule has 0 aliphatic heterocycles. The lowest BCUT2D eigenvalue weighted by Gasteiger charge is -2.13. The highest BCUT2D eigenvalue weighted by molar-refractivity contribution is 6.16. The third-order valence-electron chi connectivity index (χ3n) is 11.5. The van der Waals surface area contributed by atoms with Crippen molar-refractivity contribution in [3.05, 3.63) is 199 Å². The molecule has 0 amide bonds. The summed E-state index contributed by atoms with van der Waals surface area (Å²) in [5.74, 6) is 1.52. The second-order valence-electron chi connectivity index (χ2n) is 15.0. The Morgan fingerprint density at radius 1 is 0.483 bits per heavy atom. The molecule has 3 aromatic heterocycles. The highest BCUT2D eigenvalue weighted by atomic mass is 16.3. The molecule has 0 N–H and O–H groups in total. The molecule has 0 spiro atoms. The first kappa shape index (κ1) is 33.8. The van der Waals surface area contributed by atoms with Gasteiger partial charge in [-0.25, -0.2) is 4.99 Å². The van der Waals surface area contributed by atoms with Gasteiger partial charge in [-0.05, 0) is 85.1 Å². The highest BCUT2D eigenvalue weighted by Gasteiger charge is 2.18. The lowest BCUT2D eigenvalue weighted by atomic mass is 10.0. The van der Waals surface area contributed by atoms with Gasteiger partial charge in [-0.15, -0.1) is 0 Å². The van der Waals surface area contributed by atoms with E-state index < -0.39 is 0 Å². The van der Waals surface area contributed by atoms with Crippen LogP contribution >= 0.6 is 0 Å². The Labute approximate surface area is 335 Å². The third-order valence-corrected chi connectivity index (χ3v) is 11.5. The fourth-order valence-electron chi connectivity index (χ4n) is 8.75. The summed E-state index contributed by atoms with van der Waals surface area (Å²) in [5.41, 5.74) is 11.7. The smallest absolute Gasteiger partial charge is 0.157 e. The largest absolute Gasteiger partial charge is 0.456 e. The average Bonchev–Trinajstić information content (AvgIpc) is 3.93. The third kappa shape index (κ3) is 5.54. The van der Waals surface area contributed by atoms with Gasteiger partial charge in [0.25, 0.3) is 0 Å². The maximum absolute atomic E-state index is 6.55. The summed E-state index contributed by atoms with van der Waals surface area (Å²) < 4.78 is 11.2. The van der Waals surface area contributed by atoms with E-state index in [4.69, 9.17) is 14.4 Å². The first-order chi connectivity index (χ1) is 28.6. The Morgan fingerprint density at radius 2 is 1.07 bits per heavy atom. The number of benzene rings is 8. The van der Waals surface area contributed by atoms with Crippen molar-refractivity contribution in [3.63, 3.8) is 0 Å². The number of rotatable bonds is 5. The molecular weight excluding hydrogens is 709 g/mol. The maximum atomic E-state index is 6.55. The molecule has 5 heteroatoms. The molecule has 11 rings (SSSR count). The minimum atomic E-state index is -0.212. The van der Waals surface area contributed by atoms with Crippen LogP contribution in [-0.4, -0.2) is 20.8 Å². The van der Waals surface area contributed by atoms with Crippen molar-refractivity contribution >= 4 is 77.2 Å². The molecule has 0 saturated carbocycles. The van der Waals surface area contributed by atoms with E-state index >= 15 is 0 Å². The number of aromatic nitrogens is 2. The van der Waals surface area contributed by atoms with Gasteiger partial charge in [-0.1, -0.05) is 133 Å². The van der Waals surface area contributed by atoms with Crippen molar-refractivity contribution in [2.24, 2.45) is 9.98 Å². The van der Waals surface area contributed by atoms with E-state index in [1.54, 1.807) is 0 Å². The van der Waals surface area contributed by atoms with E-state index in [1.165, 1.54) is 32.6 Å². The average molecular weight is 747 g/mol. The van der Waals surface area contributed by atoms with Crippen molar-refractivity contribution in [2.45, 2.75) is 19.9 Å². The molecule has 0 aliphatic carbocycles. The van der Waals surface area contributed by atoms with Gasteiger partial charge in [0.2, 0.25) is 0 Å². The van der Waals surface area contributed by atoms with E-state index in [1.807, 2.05) is 6.07 Å². The zero-order valence-corrected chi connectivity index (χ0v) is 32.2. The van der Waals surface area contributed by atoms with E-state index in [9.17, 15) is 0 Å². The summed E-state index contributed by atoms with van der Waals surface area (Å²) in [6.45, 7) is 4.21. The Morgan fingerprint density at radius 3 is 1.74 bits per heavy atom. The second kappa shape index (κ2) is 13.6. The van der Waals surface area contributed by atoms with Crippen LogP contribution in [0.3, 0.4) is 0 Å². The zero-order valence-electron chi connectivity index (χ0n) is 32.2. The van der Waals surface area contributed by atoms with Crippen LogP contribution in [0, 0.1) is 0 Å². The van der Waals surface area contributed by atoms with Gasteiger partial charge >= 0.3 is 0 Å². The van der Waals surface area contributed by atoms with Crippen LogP contribution in [0.15, 0.2) is 202 Å². The van der Waals surface area contributed by atoms with Gasteiger partial charge in [-0.3, -0.25) is 9.56 Å². The monoisotopic (exact) mass is 746 g/mol. The van der Waals surface area contributed by atoms with Crippen molar-refractivity contribution < 1.29 is 4.42 Å². The van der Waals surface area contributed by atoms with Crippen molar-refractivity contribution in [2.75, 3.05) is 0 Å². The number of furan rings is 1. The Bertz CT molecular complexity index is 3330. The van der Waals surface area contributed by atoms with Crippen LogP contribution < -0.4 is 0 Å². The van der Waals surface area contributed by atoms with Crippen LogP contribution in [0.2, 0.25) is 0 Å². The first-order valence-electron chi connectivity index (χ1n) is 19.8. The second-order valence-corrected chi connectivity index (χ2v) is 15.0.